The average Bonchev–Trinajstić information content (AvgIpc) is 2.27. The number of amides is 1. The predicted octanol–water partition coefficient (Wildman–Crippen LogP) is 0.351. The van der Waals surface area contributed by atoms with Crippen LogP contribution in [-0.2, 0) is 14.6 Å². The van der Waals surface area contributed by atoms with Crippen LogP contribution >= 0.6 is 0 Å². The lowest BCUT2D eigenvalue weighted by Crippen LogP contribution is -2.41. The maximum atomic E-state index is 12.2. The topological polar surface area (TPSA) is 102 Å². The van der Waals surface area contributed by atoms with Gasteiger partial charge in [-0.15, -0.1) is 0 Å². The number of aromatic nitrogens is 1. The summed E-state index contributed by atoms with van der Waals surface area (Å²) in [5.74, 6) is -0.541. The summed E-state index contributed by atoms with van der Waals surface area (Å²) in [6, 6.07) is 1.18. The van der Waals surface area contributed by atoms with Crippen LogP contribution in [-0.4, -0.2) is 30.6 Å². The van der Waals surface area contributed by atoms with Crippen LogP contribution in [0.1, 0.15) is 20.8 Å². The number of anilines is 1. The van der Waals surface area contributed by atoms with E-state index in [1.54, 1.807) is 13.8 Å². The van der Waals surface area contributed by atoms with Gasteiger partial charge >= 0.3 is 0 Å². The third-order valence-electron chi connectivity index (χ3n) is 2.38. The molecule has 0 fully saturated rings. The molecule has 0 aliphatic rings. The molecule has 0 saturated carbocycles. The van der Waals surface area contributed by atoms with Crippen molar-refractivity contribution in [3.05, 3.63) is 18.5 Å². The van der Waals surface area contributed by atoms with Gasteiger partial charge in [0.25, 0.3) is 0 Å². The molecule has 18 heavy (non-hydrogen) atoms. The molecule has 1 rings (SSSR count). The van der Waals surface area contributed by atoms with Crippen LogP contribution in [0, 0.1) is 0 Å². The van der Waals surface area contributed by atoms with Crippen molar-refractivity contribution in [2.24, 2.45) is 0 Å². The highest BCUT2D eigenvalue weighted by Crippen LogP contribution is 2.21. The van der Waals surface area contributed by atoms with E-state index in [9.17, 15) is 13.2 Å². The lowest BCUT2D eigenvalue weighted by molar-refractivity contribution is -0.120. The minimum atomic E-state index is -3.79. The Morgan fingerprint density at radius 2 is 2.00 bits per heavy atom. The van der Waals surface area contributed by atoms with Crippen molar-refractivity contribution in [3.8, 4) is 0 Å². The predicted molar refractivity (Wildman–Crippen MR) is 68.6 cm³/mol. The number of carbonyl (C=O) groups is 1. The second-order valence-electron chi connectivity index (χ2n) is 4.26. The molecular formula is C11H17N3O3S. The van der Waals surface area contributed by atoms with Gasteiger partial charge in [-0.3, -0.25) is 9.78 Å². The van der Waals surface area contributed by atoms with Crippen LogP contribution in [0.25, 0.3) is 0 Å². The number of nitrogen functional groups attached to an aromatic ring is 1. The van der Waals surface area contributed by atoms with E-state index in [-0.39, 0.29) is 16.6 Å². The minimum Gasteiger partial charge on any atom is -0.396 e. The summed E-state index contributed by atoms with van der Waals surface area (Å²) < 4.78 is 24.4. The van der Waals surface area contributed by atoms with Crippen molar-refractivity contribution >= 4 is 21.4 Å². The number of pyridine rings is 1. The molecule has 100 valence electrons. The summed E-state index contributed by atoms with van der Waals surface area (Å²) in [4.78, 5) is 15.4. The van der Waals surface area contributed by atoms with Crippen LogP contribution in [0.3, 0.4) is 0 Å². The van der Waals surface area contributed by atoms with E-state index in [0.29, 0.717) is 0 Å². The summed E-state index contributed by atoms with van der Waals surface area (Å²) in [5, 5.41) is 1.37. The molecule has 1 unspecified atom stereocenters. The lowest BCUT2D eigenvalue weighted by Gasteiger charge is -2.16. The molecule has 1 heterocycles. The highest BCUT2D eigenvalue weighted by atomic mass is 32.2. The van der Waals surface area contributed by atoms with E-state index < -0.39 is 21.0 Å². The molecule has 0 saturated heterocycles. The fourth-order valence-electron chi connectivity index (χ4n) is 1.39. The Balaban J connectivity index is 3.08. The van der Waals surface area contributed by atoms with Crippen LogP contribution in [0.5, 0.6) is 0 Å². The first-order valence-electron chi connectivity index (χ1n) is 5.50. The maximum Gasteiger partial charge on any atom is 0.238 e. The molecule has 1 aromatic heterocycles. The van der Waals surface area contributed by atoms with E-state index in [1.165, 1.54) is 25.4 Å². The lowest BCUT2D eigenvalue weighted by atomic mass is 10.3. The standard InChI is InChI=1S/C11H17N3O3S/c1-7(2)14-11(15)8(3)18(16,17)10-4-5-13-6-9(10)12/h4-8H,12H2,1-3H3,(H,14,15). The van der Waals surface area contributed by atoms with Gasteiger partial charge in [-0.05, 0) is 26.8 Å². The molecule has 3 N–H and O–H groups in total. The van der Waals surface area contributed by atoms with Gasteiger partial charge in [0.1, 0.15) is 5.25 Å². The monoisotopic (exact) mass is 271 g/mol. The zero-order chi connectivity index (χ0) is 13.9. The van der Waals surface area contributed by atoms with Gasteiger partial charge in [0, 0.05) is 12.2 Å². The molecule has 6 nitrogen and oxygen atoms in total. The Labute approximate surface area is 107 Å². The summed E-state index contributed by atoms with van der Waals surface area (Å²) >= 11 is 0. The van der Waals surface area contributed by atoms with Gasteiger partial charge in [0.05, 0.1) is 16.8 Å². The fourth-order valence-corrected chi connectivity index (χ4v) is 2.75. The SMILES string of the molecule is CC(C)NC(=O)C(C)S(=O)(=O)c1ccncc1N. The Kier molecular flexibility index (Phi) is 4.28. The Morgan fingerprint density at radius 1 is 1.39 bits per heavy atom. The summed E-state index contributed by atoms with van der Waals surface area (Å²) in [5.41, 5.74) is 5.62. The van der Waals surface area contributed by atoms with Crippen LogP contribution < -0.4 is 11.1 Å². The third kappa shape index (κ3) is 2.98. The zero-order valence-corrected chi connectivity index (χ0v) is 11.4. The molecular weight excluding hydrogens is 254 g/mol. The summed E-state index contributed by atoms with van der Waals surface area (Å²) in [6.07, 6.45) is 2.58. The van der Waals surface area contributed by atoms with Crippen molar-refractivity contribution in [3.63, 3.8) is 0 Å². The minimum absolute atomic E-state index is 0.0432. The number of hydrogen-bond donors (Lipinski definition) is 2. The number of nitrogens with zero attached hydrogens (tertiary/aromatic N) is 1. The zero-order valence-electron chi connectivity index (χ0n) is 10.5. The number of rotatable bonds is 4. The average molecular weight is 271 g/mol. The smallest absolute Gasteiger partial charge is 0.238 e. The molecule has 0 spiro atoms. The van der Waals surface area contributed by atoms with Gasteiger partial charge < -0.3 is 11.1 Å². The van der Waals surface area contributed by atoms with Gasteiger partial charge in [-0.25, -0.2) is 8.42 Å². The molecule has 0 bridgehead atoms. The Morgan fingerprint density at radius 3 is 2.50 bits per heavy atom. The molecule has 0 aliphatic heterocycles. The van der Waals surface area contributed by atoms with Crippen molar-refractivity contribution in [2.45, 2.75) is 37.0 Å². The van der Waals surface area contributed by atoms with E-state index in [2.05, 4.69) is 10.3 Å². The number of nitrogens with two attached hydrogens (primary N) is 1. The van der Waals surface area contributed by atoms with Crippen LogP contribution in [0.4, 0.5) is 5.69 Å². The molecule has 0 aromatic carbocycles. The second-order valence-corrected chi connectivity index (χ2v) is 6.50. The van der Waals surface area contributed by atoms with E-state index in [0.717, 1.165) is 0 Å². The van der Waals surface area contributed by atoms with E-state index in [4.69, 9.17) is 5.73 Å². The van der Waals surface area contributed by atoms with Crippen molar-refractivity contribution in [2.75, 3.05) is 5.73 Å². The van der Waals surface area contributed by atoms with E-state index in [1.807, 2.05) is 0 Å². The number of carbonyl (C=O) groups excluding carboxylic acids is 1. The molecule has 7 heteroatoms. The number of hydrogen-bond acceptors (Lipinski definition) is 5. The quantitative estimate of drug-likeness (QED) is 0.822. The Bertz CT molecular complexity index is 540. The molecule has 1 amide bonds. The second kappa shape index (κ2) is 5.34. The normalized spacial score (nSPS) is 13.3. The summed E-state index contributed by atoms with van der Waals surface area (Å²) in [6.45, 7) is 4.86. The first-order valence-corrected chi connectivity index (χ1v) is 7.05. The van der Waals surface area contributed by atoms with Crippen molar-refractivity contribution in [1.29, 1.82) is 0 Å². The highest BCUT2D eigenvalue weighted by Gasteiger charge is 2.31. The fraction of sp³-hybridized carbons (Fsp3) is 0.455. The van der Waals surface area contributed by atoms with Crippen LogP contribution in [0.15, 0.2) is 23.4 Å². The third-order valence-corrected chi connectivity index (χ3v) is 4.51. The van der Waals surface area contributed by atoms with E-state index >= 15 is 0 Å². The first kappa shape index (κ1) is 14.4. The summed E-state index contributed by atoms with van der Waals surface area (Å²) in [7, 11) is -3.79. The molecule has 1 atom stereocenters. The Hall–Kier alpha value is -1.63. The van der Waals surface area contributed by atoms with Crippen molar-refractivity contribution < 1.29 is 13.2 Å². The molecule has 0 radical (unpaired) electrons. The van der Waals surface area contributed by atoms with Gasteiger partial charge in [0.15, 0.2) is 9.84 Å². The van der Waals surface area contributed by atoms with Crippen molar-refractivity contribution in [1.82, 2.24) is 10.3 Å². The molecule has 1 aromatic rings. The number of sulfone groups is 1. The maximum absolute atomic E-state index is 12.2. The largest absolute Gasteiger partial charge is 0.396 e. The number of nitrogens with one attached hydrogen (secondary N) is 1. The van der Waals surface area contributed by atoms with Crippen LogP contribution in [0.2, 0.25) is 0 Å². The molecule has 0 aliphatic carbocycles. The first-order chi connectivity index (χ1) is 8.26. The van der Waals surface area contributed by atoms with Gasteiger partial charge in [-0.1, -0.05) is 0 Å². The highest BCUT2D eigenvalue weighted by molar-refractivity contribution is 7.93. The van der Waals surface area contributed by atoms with Gasteiger partial charge in [0.2, 0.25) is 5.91 Å². The van der Waals surface area contributed by atoms with Gasteiger partial charge in [-0.2, -0.15) is 0 Å².